The summed E-state index contributed by atoms with van der Waals surface area (Å²) in [5, 5.41) is 0. The first-order valence-electron chi connectivity index (χ1n) is 5.79. The number of nitrogens with zero attached hydrogens (tertiary/aromatic N) is 2. The monoisotopic (exact) mass is 264 g/mol. The van der Waals surface area contributed by atoms with Crippen LogP contribution in [0.25, 0.3) is 11.1 Å². The van der Waals surface area contributed by atoms with Crippen LogP contribution in [-0.2, 0) is 16.6 Å². The van der Waals surface area contributed by atoms with Gasteiger partial charge in [-0.3, -0.25) is 9.47 Å². The van der Waals surface area contributed by atoms with Crippen LogP contribution in [0.15, 0.2) is 27.4 Å². The van der Waals surface area contributed by atoms with Gasteiger partial charge in [-0.05, 0) is 31.8 Å². The summed E-state index contributed by atoms with van der Waals surface area (Å²) in [6.45, 7) is 0. The number of esters is 1. The van der Waals surface area contributed by atoms with E-state index >= 15 is 0 Å². The van der Waals surface area contributed by atoms with E-state index in [2.05, 4.69) is 0 Å². The summed E-state index contributed by atoms with van der Waals surface area (Å²) in [5.74, 6) is -0.774. The predicted molar refractivity (Wildman–Crippen MR) is 69.9 cm³/mol. The summed E-state index contributed by atoms with van der Waals surface area (Å²) in [7, 11) is 6.56. The molecule has 0 N–H and O–H groups in total. The minimum Gasteiger partial charge on any atom is -0.468 e. The Hall–Kier alpha value is -2.08. The maximum atomic E-state index is 11.8. The van der Waals surface area contributed by atoms with Crippen LogP contribution in [0.5, 0.6) is 0 Å². The van der Waals surface area contributed by atoms with Crippen molar-refractivity contribution in [2.24, 2.45) is 7.05 Å². The van der Waals surface area contributed by atoms with Crippen molar-refractivity contribution >= 4 is 17.1 Å². The maximum absolute atomic E-state index is 11.8. The summed E-state index contributed by atoms with van der Waals surface area (Å²) in [6.07, 6.45) is 0. The molecule has 1 unspecified atom stereocenters. The molecule has 1 atom stereocenters. The summed E-state index contributed by atoms with van der Waals surface area (Å²) in [4.78, 5) is 25.0. The lowest BCUT2D eigenvalue weighted by Gasteiger charge is -2.22. The molecule has 19 heavy (non-hydrogen) atoms. The van der Waals surface area contributed by atoms with E-state index in [1.807, 2.05) is 0 Å². The number of oxazole rings is 1. The van der Waals surface area contributed by atoms with E-state index < -0.39 is 11.8 Å². The molecule has 1 aromatic carbocycles. The highest BCUT2D eigenvalue weighted by Crippen LogP contribution is 2.23. The first kappa shape index (κ1) is 13.4. The molecule has 0 aliphatic rings. The van der Waals surface area contributed by atoms with E-state index in [1.54, 1.807) is 44.2 Å². The largest absolute Gasteiger partial charge is 0.468 e. The normalized spacial score (nSPS) is 12.9. The molecule has 2 aromatic rings. The lowest BCUT2D eigenvalue weighted by Crippen LogP contribution is -2.28. The van der Waals surface area contributed by atoms with Gasteiger partial charge in [0.05, 0.1) is 12.6 Å². The van der Waals surface area contributed by atoms with Crippen molar-refractivity contribution in [2.75, 3.05) is 21.2 Å². The third kappa shape index (κ3) is 2.26. The molecule has 0 aliphatic heterocycles. The van der Waals surface area contributed by atoms with Crippen LogP contribution in [0.1, 0.15) is 11.6 Å². The minimum atomic E-state index is -0.514. The molecule has 0 radical (unpaired) electrons. The summed E-state index contributed by atoms with van der Waals surface area (Å²) < 4.78 is 11.3. The molecular formula is C13H16N2O4. The minimum absolute atomic E-state index is 0.349. The topological polar surface area (TPSA) is 64.7 Å². The predicted octanol–water partition coefficient (Wildman–Crippen LogP) is 0.907. The van der Waals surface area contributed by atoms with Crippen molar-refractivity contribution in [1.29, 1.82) is 0 Å². The van der Waals surface area contributed by atoms with Gasteiger partial charge in [-0.25, -0.2) is 9.59 Å². The number of hydrogen-bond acceptors (Lipinski definition) is 5. The van der Waals surface area contributed by atoms with Gasteiger partial charge in [0.15, 0.2) is 5.58 Å². The van der Waals surface area contributed by atoms with Gasteiger partial charge in [-0.15, -0.1) is 0 Å². The Morgan fingerprint density at radius 2 is 2.11 bits per heavy atom. The second kappa shape index (κ2) is 4.89. The van der Waals surface area contributed by atoms with Crippen molar-refractivity contribution in [3.8, 4) is 0 Å². The van der Waals surface area contributed by atoms with Gasteiger partial charge >= 0.3 is 11.7 Å². The summed E-state index contributed by atoms with van der Waals surface area (Å²) in [5.41, 5.74) is 1.90. The van der Waals surface area contributed by atoms with Crippen molar-refractivity contribution < 1.29 is 13.9 Å². The van der Waals surface area contributed by atoms with Crippen LogP contribution in [0.4, 0.5) is 0 Å². The van der Waals surface area contributed by atoms with Gasteiger partial charge < -0.3 is 9.15 Å². The number of ether oxygens (including phenoxy) is 1. The fourth-order valence-corrected chi connectivity index (χ4v) is 2.07. The van der Waals surface area contributed by atoms with Crippen LogP contribution in [-0.4, -0.2) is 36.6 Å². The van der Waals surface area contributed by atoms with Crippen LogP contribution < -0.4 is 5.76 Å². The van der Waals surface area contributed by atoms with Gasteiger partial charge in [-0.2, -0.15) is 0 Å². The fraction of sp³-hybridized carbons (Fsp3) is 0.385. The Kier molecular flexibility index (Phi) is 3.44. The van der Waals surface area contributed by atoms with Crippen LogP contribution in [0, 0.1) is 0 Å². The van der Waals surface area contributed by atoms with E-state index in [1.165, 1.54) is 11.7 Å². The molecule has 1 aromatic heterocycles. The zero-order valence-corrected chi connectivity index (χ0v) is 11.3. The van der Waals surface area contributed by atoms with Gasteiger partial charge in [-0.1, -0.05) is 6.07 Å². The van der Waals surface area contributed by atoms with E-state index in [9.17, 15) is 9.59 Å². The number of benzene rings is 1. The number of aryl methyl sites for hydroxylation is 1. The molecule has 6 heteroatoms. The van der Waals surface area contributed by atoms with Crippen LogP contribution in [0.3, 0.4) is 0 Å². The lowest BCUT2D eigenvalue weighted by molar-refractivity contribution is -0.146. The highest BCUT2D eigenvalue weighted by atomic mass is 16.5. The van der Waals surface area contributed by atoms with Crippen molar-refractivity contribution in [1.82, 2.24) is 9.47 Å². The van der Waals surface area contributed by atoms with Crippen LogP contribution >= 0.6 is 0 Å². The number of aromatic nitrogens is 1. The Morgan fingerprint density at radius 1 is 1.42 bits per heavy atom. The highest BCUT2D eigenvalue weighted by Gasteiger charge is 2.24. The number of methoxy groups -OCH3 is 1. The number of fused-ring (bicyclic) bond motifs is 1. The summed E-state index contributed by atoms with van der Waals surface area (Å²) in [6, 6.07) is 4.69. The molecule has 0 spiro atoms. The zero-order chi connectivity index (χ0) is 14.2. The van der Waals surface area contributed by atoms with Gasteiger partial charge in [0.2, 0.25) is 0 Å². The summed E-state index contributed by atoms with van der Waals surface area (Å²) >= 11 is 0. The zero-order valence-electron chi connectivity index (χ0n) is 11.3. The van der Waals surface area contributed by atoms with Gasteiger partial charge in [0.1, 0.15) is 6.04 Å². The number of likely N-dealkylation sites (N-methyl/N-ethyl adjacent to an activating group) is 1. The van der Waals surface area contributed by atoms with Gasteiger partial charge in [0, 0.05) is 7.05 Å². The third-order valence-electron chi connectivity index (χ3n) is 3.07. The van der Waals surface area contributed by atoms with Crippen molar-refractivity contribution in [3.05, 3.63) is 34.3 Å². The molecule has 0 bridgehead atoms. The molecule has 0 amide bonds. The van der Waals surface area contributed by atoms with Gasteiger partial charge in [0.25, 0.3) is 0 Å². The second-order valence-corrected chi connectivity index (χ2v) is 4.54. The van der Waals surface area contributed by atoms with Crippen molar-refractivity contribution in [3.63, 3.8) is 0 Å². The number of carbonyl (C=O) groups is 1. The fourth-order valence-electron chi connectivity index (χ4n) is 2.07. The molecule has 2 rings (SSSR count). The van der Waals surface area contributed by atoms with Crippen molar-refractivity contribution in [2.45, 2.75) is 6.04 Å². The Morgan fingerprint density at radius 3 is 2.68 bits per heavy atom. The Balaban J connectivity index is 2.58. The van der Waals surface area contributed by atoms with E-state index in [0.717, 1.165) is 5.56 Å². The van der Waals surface area contributed by atoms with Crippen LogP contribution in [0.2, 0.25) is 0 Å². The van der Waals surface area contributed by atoms with E-state index in [0.29, 0.717) is 11.1 Å². The Bertz CT molecular complexity index is 669. The molecule has 6 nitrogen and oxygen atoms in total. The molecular weight excluding hydrogens is 248 g/mol. The lowest BCUT2D eigenvalue weighted by atomic mass is 10.1. The first-order chi connectivity index (χ1) is 8.95. The molecule has 0 saturated heterocycles. The first-order valence-corrected chi connectivity index (χ1v) is 5.79. The average molecular weight is 264 g/mol. The Labute approximate surface area is 110 Å². The second-order valence-electron chi connectivity index (χ2n) is 4.54. The number of rotatable bonds is 3. The highest BCUT2D eigenvalue weighted by molar-refractivity contribution is 5.81. The third-order valence-corrected chi connectivity index (χ3v) is 3.07. The van der Waals surface area contributed by atoms with E-state index in [4.69, 9.17) is 9.15 Å². The number of carbonyl (C=O) groups excluding carboxylic acids is 1. The maximum Gasteiger partial charge on any atom is 0.419 e. The number of hydrogen-bond donors (Lipinski definition) is 0. The molecule has 102 valence electrons. The SMILES string of the molecule is COC(=O)C(c1ccc2oc(=O)n(C)c2c1)N(C)C. The molecule has 0 saturated carbocycles. The molecule has 0 fully saturated rings. The average Bonchev–Trinajstić information content (AvgIpc) is 2.65. The molecule has 1 heterocycles. The smallest absolute Gasteiger partial charge is 0.419 e. The van der Waals surface area contributed by atoms with E-state index in [-0.39, 0.29) is 5.97 Å². The quantitative estimate of drug-likeness (QED) is 0.771. The standard InChI is InChI=1S/C13H16N2O4/c1-14(2)11(12(16)18-4)8-5-6-10-9(7-8)15(3)13(17)19-10/h5-7,11H,1-4H3. The molecule has 0 aliphatic carbocycles.